The second kappa shape index (κ2) is 8.75. The van der Waals surface area contributed by atoms with E-state index in [2.05, 4.69) is 5.32 Å². The van der Waals surface area contributed by atoms with Crippen LogP contribution in [-0.4, -0.2) is 24.7 Å². The molecule has 0 aliphatic rings. The van der Waals surface area contributed by atoms with Crippen molar-refractivity contribution in [2.45, 2.75) is 20.4 Å². The molecule has 3 aromatic rings. The van der Waals surface area contributed by atoms with E-state index in [-0.39, 0.29) is 27.8 Å². The van der Waals surface area contributed by atoms with Crippen molar-refractivity contribution in [1.29, 1.82) is 0 Å². The first-order valence-corrected chi connectivity index (χ1v) is 9.68. The second-order valence-corrected chi connectivity index (χ2v) is 7.63. The maximum Gasteiger partial charge on any atom is 0.258 e. The van der Waals surface area contributed by atoms with Crippen molar-refractivity contribution in [2.24, 2.45) is 5.92 Å². The molecule has 3 rings (SSSR count). The molecule has 0 spiro atoms. The second-order valence-electron chi connectivity index (χ2n) is 7.23. The fraction of sp³-hybridized carbons (Fsp3) is 0.273. The zero-order valence-corrected chi connectivity index (χ0v) is 17.8. The molecule has 0 atom stereocenters. The summed E-state index contributed by atoms with van der Waals surface area (Å²) in [5.74, 6) is -0.0380. The highest BCUT2D eigenvalue weighted by Crippen LogP contribution is 2.33. The van der Waals surface area contributed by atoms with E-state index in [0.29, 0.717) is 28.8 Å². The van der Waals surface area contributed by atoms with E-state index >= 15 is 0 Å². The summed E-state index contributed by atoms with van der Waals surface area (Å²) in [6.07, 6.45) is 1.52. The SMILES string of the molecule is COc1cc2c(C(=O)Nc3ccc(F)cc3Cl)cn(CC(C)C)c(=O)c2cc1OC. The van der Waals surface area contributed by atoms with Crippen LogP contribution in [0.15, 0.2) is 41.3 Å². The van der Waals surface area contributed by atoms with Gasteiger partial charge in [-0.15, -0.1) is 0 Å². The van der Waals surface area contributed by atoms with Crippen LogP contribution in [0.1, 0.15) is 24.2 Å². The van der Waals surface area contributed by atoms with Crippen LogP contribution in [-0.2, 0) is 6.54 Å². The number of carbonyl (C=O) groups is 1. The van der Waals surface area contributed by atoms with Gasteiger partial charge in [0.2, 0.25) is 0 Å². The van der Waals surface area contributed by atoms with E-state index in [1.165, 1.54) is 37.1 Å². The van der Waals surface area contributed by atoms with Crippen LogP contribution in [0.25, 0.3) is 10.8 Å². The monoisotopic (exact) mass is 432 g/mol. The summed E-state index contributed by atoms with van der Waals surface area (Å²) >= 11 is 6.05. The van der Waals surface area contributed by atoms with Crippen molar-refractivity contribution in [3.63, 3.8) is 0 Å². The van der Waals surface area contributed by atoms with Gasteiger partial charge in [-0.05, 0) is 36.2 Å². The lowest BCUT2D eigenvalue weighted by atomic mass is 10.0. The molecule has 1 N–H and O–H groups in total. The van der Waals surface area contributed by atoms with Gasteiger partial charge in [0.05, 0.1) is 35.9 Å². The molecule has 0 aliphatic carbocycles. The zero-order chi connectivity index (χ0) is 22.0. The molecule has 0 bridgehead atoms. The summed E-state index contributed by atoms with van der Waals surface area (Å²) < 4.78 is 25.5. The molecule has 0 unspecified atom stereocenters. The summed E-state index contributed by atoms with van der Waals surface area (Å²) in [5, 5.41) is 3.49. The van der Waals surface area contributed by atoms with Crippen molar-refractivity contribution in [3.8, 4) is 11.5 Å². The topological polar surface area (TPSA) is 69.6 Å². The molecule has 0 saturated carbocycles. The number of pyridine rings is 1. The molecule has 0 radical (unpaired) electrons. The molecule has 0 saturated heterocycles. The Morgan fingerprint density at radius 3 is 2.33 bits per heavy atom. The Morgan fingerprint density at radius 2 is 1.77 bits per heavy atom. The maximum absolute atomic E-state index is 13.3. The van der Waals surface area contributed by atoms with E-state index in [0.717, 1.165) is 6.07 Å². The smallest absolute Gasteiger partial charge is 0.258 e. The zero-order valence-electron chi connectivity index (χ0n) is 17.1. The van der Waals surface area contributed by atoms with Gasteiger partial charge in [0.1, 0.15) is 5.82 Å². The lowest BCUT2D eigenvalue weighted by Crippen LogP contribution is -2.25. The lowest BCUT2D eigenvalue weighted by molar-refractivity contribution is 0.102. The summed E-state index contributed by atoms with van der Waals surface area (Å²) in [7, 11) is 2.95. The number of anilines is 1. The van der Waals surface area contributed by atoms with Gasteiger partial charge in [0.25, 0.3) is 11.5 Å². The van der Waals surface area contributed by atoms with Crippen molar-refractivity contribution in [3.05, 3.63) is 63.3 Å². The summed E-state index contributed by atoms with van der Waals surface area (Å²) in [5.41, 5.74) is 0.279. The first-order chi connectivity index (χ1) is 14.2. The Bertz CT molecular complexity index is 1170. The van der Waals surface area contributed by atoms with Gasteiger partial charge in [-0.2, -0.15) is 0 Å². The Labute approximate surface area is 178 Å². The predicted octanol–water partition coefficient (Wildman–Crippen LogP) is 4.72. The fourth-order valence-corrected chi connectivity index (χ4v) is 3.42. The minimum Gasteiger partial charge on any atom is -0.493 e. The van der Waals surface area contributed by atoms with E-state index in [9.17, 15) is 14.0 Å². The lowest BCUT2D eigenvalue weighted by Gasteiger charge is -2.16. The van der Waals surface area contributed by atoms with Gasteiger partial charge < -0.3 is 19.4 Å². The Kier molecular flexibility index (Phi) is 6.31. The molecule has 0 fully saturated rings. The van der Waals surface area contributed by atoms with Crippen molar-refractivity contribution in [1.82, 2.24) is 4.57 Å². The largest absolute Gasteiger partial charge is 0.493 e. The van der Waals surface area contributed by atoms with Crippen LogP contribution in [0.3, 0.4) is 0 Å². The van der Waals surface area contributed by atoms with Gasteiger partial charge >= 0.3 is 0 Å². The van der Waals surface area contributed by atoms with E-state index in [1.807, 2.05) is 13.8 Å². The van der Waals surface area contributed by atoms with Crippen LogP contribution >= 0.6 is 11.6 Å². The molecule has 6 nitrogen and oxygen atoms in total. The molecule has 0 aliphatic heterocycles. The van der Waals surface area contributed by atoms with E-state index in [1.54, 1.807) is 12.1 Å². The number of benzene rings is 2. The molecule has 2 aromatic carbocycles. The summed E-state index contributed by atoms with van der Waals surface area (Å²) in [4.78, 5) is 26.1. The number of nitrogens with zero attached hydrogens (tertiary/aromatic N) is 1. The van der Waals surface area contributed by atoms with Gasteiger partial charge in [-0.25, -0.2) is 4.39 Å². The molecule has 1 aromatic heterocycles. The molecule has 1 amide bonds. The van der Waals surface area contributed by atoms with Gasteiger partial charge in [0, 0.05) is 18.1 Å². The standard InChI is InChI=1S/C22H22ClFN2O4/c1-12(2)10-26-11-16(21(27)25-18-6-5-13(24)7-17(18)23)14-8-19(29-3)20(30-4)9-15(14)22(26)28/h5-9,11-12H,10H2,1-4H3,(H,25,27). The van der Waals surface area contributed by atoms with E-state index < -0.39 is 11.7 Å². The van der Waals surface area contributed by atoms with E-state index in [4.69, 9.17) is 21.1 Å². The predicted molar refractivity (Wildman–Crippen MR) is 116 cm³/mol. The number of fused-ring (bicyclic) bond motifs is 1. The molecule has 1 heterocycles. The third-order valence-corrected chi connectivity index (χ3v) is 4.89. The summed E-state index contributed by atoms with van der Waals surface area (Å²) in [6.45, 7) is 4.38. The number of hydrogen-bond acceptors (Lipinski definition) is 4. The highest BCUT2D eigenvalue weighted by Gasteiger charge is 2.19. The Hall–Kier alpha value is -3.06. The van der Waals surface area contributed by atoms with Crippen LogP contribution in [0.5, 0.6) is 11.5 Å². The minimum atomic E-state index is -0.509. The number of halogens is 2. The van der Waals surface area contributed by atoms with Gasteiger partial charge in [-0.3, -0.25) is 9.59 Å². The first kappa shape index (κ1) is 21.6. The molecular formula is C22H22ClFN2O4. The normalized spacial score (nSPS) is 11.0. The number of ether oxygens (including phenoxy) is 2. The number of amides is 1. The fourth-order valence-electron chi connectivity index (χ4n) is 3.21. The molecule has 8 heteroatoms. The highest BCUT2D eigenvalue weighted by atomic mass is 35.5. The number of nitrogens with one attached hydrogen (secondary N) is 1. The quantitative estimate of drug-likeness (QED) is 0.612. The number of hydrogen-bond donors (Lipinski definition) is 1. The van der Waals surface area contributed by atoms with Crippen LogP contribution < -0.4 is 20.3 Å². The average molecular weight is 433 g/mol. The third-order valence-electron chi connectivity index (χ3n) is 4.58. The average Bonchev–Trinajstić information content (AvgIpc) is 2.70. The Balaban J connectivity index is 2.21. The molecule has 30 heavy (non-hydrogen) atoms. The minimum absolute atomic E-state index is 0.0717. The maximum atomic E-state index is 13.3. The number of carbonyl (C=O) groups excluding carboxylic acids is 1. The van der Waals surface area contributed by atoms with Crippen molar-refractivity contribution in [2.75, 3.05) is 19.5 Å². The Morgan fingerprint density at radius 1 is 1.13 bits per heavy atom. The molecular weight excluding hydrogens is 411 g/mol. The highest BCUT2D eigenvalue weighted by molar-refractivity contribution is 6.34. The number of methoxy groups -OCH3 is 2. The van der Waals surface area contributed by atoms with Crippen LogP contribution in [0.2, 0.25) is 5.02 Å². The van der Waals surface area contributed by atoms with Gasteiger partial charge in [0.15, 0.2) is 11.5 Å². The van der Waals surface area contributed by atoms with Crippen LogP contribution in [0, 0.1) is 11.7 Å². The molecule has 158 valence electrons. The van der Waals surface area contributed by atoms with Crippen LogP contribution in [0.4, 0.5) is 10.1 Å². The first-order valence-electron chi connectivity index (χ1n) is 9.30. The number of rotatable bonds is 6. The van der Waals surface area contributed by atoms with Gasteiger partial charge in [-0.1, -0.05) is 25.4 Å². The number of aromatic nitrogens is 1. The van der Waals surface area contributed by atoms with Crippen molar-refractivity contribution >= 4 is 34.0 Å². The third kappa shape index (κ3) is 4.26. The summed E-state index contributed by atoms with van der Waals surface area (Å²) in [6, 6.07) is 6.85. The van der Waals surface area contributed by atoms with Crippen molar-refractivity contribution < 1.29 is 18.7 Å².